The van der Waals surface area contributed by atoms with Crippen molar-refractivity contribution in [2.75, 3.05) is 30.9 Å². The number of sulfonamides is 1. The Morgan fingerprint density at radius 3 is 2.86 bits per heavy atom. The summed E-state index contributed by atoms with van der Waals surface area (Å²) in [5.41, 5.74) is 0.597. The summed E-state index contributed by atoms with van der Waals surface area (Å²) in [6, 6.07) is 5.38. The topological polar surface area (TPSA) is 75.5 Å². The molecule has 0 aliphatic heterocycles. The van der Waals surface area contributed by atoms with E-state index in [0.29, 0.717) is 18.0 Å². The number of imidazole rings is 1. The summed E-state index contributed by atoms with van der Waals surface area (Å²) in [5, 5.41) is 3.00. The molecular formula is C13H20N4O2S2. The molecule has 0 aliphatic carbocycles. The number of pyridine rings is 1. The van der Waals surface area contributed by atoms with Crippen LogP contribution >= 0.6 is 11.8 Å². The van der Waals surface area contributed by atoms with Gasteiger partial charge in [0.1, 0.15) is 5.65 Å². The standard InChI is InChI=1S/C13H20N4O2S2/c1-10(9-20-3)8-15-21(18,19)13-12(14-2)16-11-6-4-5-7-17(11)13/h4-7,10,14-15H,8-9H2,1-3H3. The smallest absolute Gasteiger partial charge is 0.260 e. The molecule has 8 heteroatoms. The molecular weight excluding hydrogens is 308 g/mol. The van der Waals surface area contributed by atoms with Gasteiger partial charge in [-0.25, -0.2) is 18.1 Å². The van der Waals surface area contributed by atoms with Crippen LogP contribution < -0.4 is 10.0 Å². The maximum Gasteiger partial charge on any atom is 0.260 e. The van der Waals surface area contributed by atoms with Crippen molar-refractivity contribution in [2.45, 2.75) is 11.9 Å². The lowest BCUT2D eigenvalue weighted by molar-refractivity contribution is 0.559. The molecule has 0 amide bonds. The summed E-state index contributed by atoms with van der Waals surface area (Å²) < 4.78 is 29.4. The molecule has 2 aromatic heterocycles. The molecule has 0 bridgehead atoms. The normalized spacial score (nSPS) is 13.5. The third-order valence-corrected chi connectivity index (χ3v) is 5.40. The fraction of sp³-hybridized carbons (Fsp3) is 0.462. The highest BCUT2D eigenvalue weighted by molar-refractivity contribution is 7.98. The Morgan fingerprint density at radius 2 is 2.19 bits per heavy atom. The van der Waals surface area contributed by atoms with Gasteiger partial charge >= 0.3 is 0 Å². The largest absolute Gasteiger partial charge is 0.371 e. The van der Waals surface area contributed by atoms with Crippen LogP contribution in [0, 0.1) is 5.92 Å². The minimum atomic E-state index is -3.62. The summed E-state index contributed by atoms with van der Waals surface area (Å²) in [7, 11) is -1.96. The molecule has 0 aliphatic rings. The molecule has 1 atom stereocenters. The molecule has 0 radical (unpaired) electrons. The van der Waals surface area contributed by atoms with Crippen LogP contribution in [-0.2, 0) is 10.0 Å². The Labute approximate surface area is 129 Å². The van der Waals surface area contributed by atoms with Crippen LogP contribution in [0.25, 0.3) is 5.65 Å². The van der Waals surface area contributed by atoms with Crippen molar-refractivity contribution in [3.8, 4) is 0 Å². The molecule has 2 heterocycles. The van der Waals surface area contributed by atoms with Gasteiger partial charge in [-0.3, -0.25) is 4.40 Å². The summed E-state index contributed by atoms with van der Waals surface area (Å²) in [4.78, 5) is 4.29. The molecule has 2 rings (SSSR count). The van der Waals surface area contributed by atoms with Crippen molar-refractivity contribution in [1.29, 1.82) is 0 Å². The molecule has 2 N–H and O–H groups in total. The van der Waals surface area contributed by atoms with E-state index >= 15 is 0 Å². The van der Waals surface area contributed by atoms with Gasteiger partial charge in [0.15, 0.2) is 10.8 Å². The Bertz CT molecular complexity index is 712. The molecule has 1 unspecified atom stereocenters. The number of anilines is 1. The summed E-state index contributed by atoms with van der Waals surface area (Å²) in [6.07, 6.45) is 3.71. The van der Waals surface area contributed by atoms with E-state index in [-0.39, 0.29) is 10.9 Å². The van der Waals surface area contributed by atoms with E-state index in [2.05, 4.69) is 15.0 Å². The lowest BCUT2D eigenvalue weighted by Crippen LogP contribution is -2.30. The van der Waals surface area contributed by atoms with E-state index in [1.54, 1.807) is 41.5 Å². The predicted molar refractivity (Wildman–Crippen MR) is 87.5 cm³/mol. The highest BCUT2D eigenvalue weighted by atomic mass is 32.2. The predicted octanol–water partition coefficient (Wildman–Crippen LogP) is 1.65. The monoisotopic (exact) mass is 328 g/mol. The maximum absolute atomic E-state index is 12.6. The van der Waals surface area contributed by atoms with Crippen LogP contribution in [0.5, 0.6) is 0 Å². The molecule has 2 aromatic rings. The zero-order valence-corrected chi connectivity index (χ0v) is 14.0. The minimum absolute atomic E-state index is 0.150. The fourth-order valence-corrected chi connectivity index (χ4v) is 4.20. The van der Waals surface area contributed by atoms with Gasteiger partial charge in [-0.05, 0) is 30.1 Å². The van der Waals surface area contributed by atoms with Gasteiger partial charge in [-0.2, -0.15) is 11.8 Å². The lowest BCUT2D eigenvalue weighted by atomic mass is 10.2. The molecule has 0 aromatic carbocycles. The molecule has 0 spiro atoms. The second-order valence-corrected chi connectivity index (χ2v) is 7.45. The van der Waals surface area contributed by atoms with E-state index in [9.17, 15) is 8.42 Å². The SMILES string of the molecule is CNc1nc2ccccn2c1S(=O)(=O)NCC(C)CSC. The van der Waals surface area contributed by atoms with E-state index in [4.69, 9.17) is 0 Å². The first-order chi connectivity index (χ1) is 9.99. The third kappa shape index (κ3) is 3.50. The molecule has 21 heavy (non-hydrogen) atoms. The average Bonchev–Trinajstić information content (AvgIpc) is 2.85. The average molecular weight is 328 g/mol. The van der Waals surface area contributed by atoms with Crippen LogP contribution in [0.1, 0.15) is 6.92 Å². The number of hydrogen-bond acceptors (Lipinski definition) is 5. The molecule has 6 nitrogen and oxygen atoms in total. The Morgan fingerprint density at radius 1 is 1.43 bits per heavy atom. The molecule has 116 valence electrons. The molecule has 0 fully saturated rings. The Balaban J connectivity index is 2.35. The van der Waals surface area contributed by atoms with Gasteiger partial charge in [0.2, 0.25) is 0 Å². The third-order valence-electron chi connectivity index (χ3n) is 3.05. The first kappa shape index (κ1) is 16.1. The fourth-order valence-electron chi connectivity index (χ4n) is 2.06. The number of hydrogen-bond donors (Lipinski definition) is 2. The lowest BCUT2D eigenvalue weighted by Gasteiger charge is -2.12. The number of rotatable bonds is 7. The highest BCUT2D eigenvalue weighted by Crippen LogP contribution is 2.22. The van der Waals surface area contributed by atoms with Crippen molar-refractivity contribution in [3.63, 3.8) is 0 Å². The van der Waals surface area contributed by atoms with Crippen molar-refractivity contribution < 1.29 is 8.42 Å². The van der Waals surface area contributed by atoms with Gasteiger partial charge in [0.05, 0.1) is 0 Å². The number of aromatic nitrogens is 2. The van der Waals surface area contributed by atoms with E-state index in [1.807, 2.05) is 19.2 Å². The van der Waals surface area contributed by atoms with E-state index < -0.39 is 10.0 Å². The number of thioether (sulfide) groups is 1. The van der Waals surface area contributed by atoms with Crippen LogP contribution in [0.4, 0.5) is 5.82 Å². The second kappa shape index (κ2) is 6.67. The van der Waals surface area contributed by atoms with Crippen molar-refractivity contribution in [3.05, 3.63) is 24.4 Å². The van der Waals surface area contributed by atoms with Gasteiger partial charge in [0.25, 0.3) is 10.0 Å². The first-order valence-corrected chi connectivity index (χ1v) is 9.50. The molecule has 0 saturated heterocycles. The zero-order chi connectivity index (χ0) is 15.5. The number of fused-ring (bicyclic) bond motifs is 1. The van der Waals surface area contributed by atoms with Gasteiger partial charge in [-0.15, -0.1) is 0 Å². The number of nitrogens with zero attached hydrogens (tertiary/aromatic N) is 2. The van der Waals surface area contributed by atoms with E-state index in [0.717, 1.165) is 5.75 Å². The van der Waals surface area contributed by atoms with Crippen LogP contribution in [0.3, 0.4) is 0 Å². The summed E-state index contributed by atoms with van der Waals surface area (Å²) in [5.74, 6) is 1.53. The van der Waals surface area contributed by atoms with Crippen LogP contribution in [0.2, 0.25) is 0 Å². The minimum Gasteiger partial charge on any atom is -0.371 e. The van der Waals surface area contributed by atoms with E-state index in [1.165, 1.54) is 0 Å². The van der Waals surface area contributed by atoms with Crippen LogP contribution in [0.15, 0.2) is 29.4 Å². The van der Waals surface area contributed by atoms with Crippen molar-refractivity contribution >= 4 is 33.3 Å². The summed E-state index contributed by atoms with van der Waals surface area (Å²) in [6.45, 7) is 2.43. The van der Waals surface area contributed by atoms with Gasteiger partial charge < -0.3 is 5.32 Å². The second-order valence-electron chi connectivity index (χ2n) is 4.86. The first-order valence-electron chi connectivity index (χ1n) is 6.63. The highest BCUT2D eigenvalue weighted by Gasteiger charge is 2.24. The zero-order valence-electron chi connectivity index (χ0n) is 12.3. The van der Waals surface area contributed by atoms with Crippen LogP contribution in [-0.4, -0.2) is 43.4 Å². The van der Waals surface area contributed by atoms with Crippen molar-refractivity contribution in [1.82, 2.24) is 14.1 Å². The Kier molecular flexibility index (Phi) is 5.13. The van der Waals surface area contributed by atoms with Gasteiger partial charge in [-0.1, -0.05) is 13.0 Å². The molecule has 0 saturated carbocycles. The number of nitrogens with one attached hydrogen (secondary N) is 2. The van der Waals surface area contributed by atoms with Gasteiger partial charge in [0, 0.05) is 19.8 Å². The van der Waals surface area contributed by atoms with Crippen molar-refractivity contribution in [2.24, 2.45) is 5.92 Å². The summed E-state index contributed by atoms with van der Waals surface area (Å²) >= 11 is 1.70. The maximum atomic E-state index is 12.6. The Hall–Kier alpha value is -1.25. The quantitative estimate of drug-likeness (QED) is 0.808.